The topological polar surface area (TPSA) is 28.2 Å². The van der Waals surface area contributed by atoms with E-state index >= 15 is 0 Å². The molecule has 0 unspecified atom stereocenters. The highest BCUT2D eigenvalue weighted by Gasteiger charge is 2.27. The lowest BCUT2D eigenvalue weighted by Gasteiger charge is -2.31. The summed E-state index contributed by atoms with van der Waals surface area (Å²) in [6.45, 7) is 8.87. The SMILES string of the molecule is Cc1cc(C)c2nc(N3CCCC3)c(C3CNC3)cc2c1. The average Bonchev–Trinajstić information content (AvgIpc) is 2.89. The van der Waals surface area contributed by atoms with Gasteiger partial charge in [-0.05, 0) is 44.4 Å². The Kier molecular flexibility index (Phi) is 3.11. The third-order valence-electron chi connectivity index (χ3n) is 4.89. The van der Waals surface area contributed by atoms with Crippen LogP contribution in [-0.2, 0) is 0 Å². The van der Waals surface area contributed by atoms with Crippen molar-refractivity contribution in [3.8, 4) is 0 Å². The van der Waals surface area contributed by atoms with E-state index in [0.29, 0.717) is 5.92 Å². The molecule has 4 rings (SSSR count). The van der Waals surface area contributed by atoms with Crippen molar-refractivity contribution in [2.45, 2.75) is 32.6 Å². The van der Waals surface area contributed by atoms with Crippen molar-refractivity contribution in [2.75, 3.05) is 31.1 Å². The van der Waals surface area contributed by atoms with Crippen LogP contribution in [0, 0.1) is 13.8 Å². The lowest BCUT2D eigenvalue weighted by Crippen LogP contribution is -2.41. The Bertz CT molecular complexity index is 682. The number of hydrogen-bond donors (Lipinski definition) is 1. The summed E-state index contributed by atoms with van der Waals surface area (Å²) in [5.41, 5.74) is 5.25. The quantitative estimate of drug-likeness (QED) is 0.916. The van der Waals surface area contributed by atoms with E-state index in [2.05, 4.69) is 42.3 Å². The zero-order valence-electron chi connectivity index (χ0n) is 12.9. The maximum absolute atomic E-state index is 5.10. The van der Waals surface area contributed by atoms with Crippen molar-refractivity contribution < 1.29 is 0 Å². The Labute approximate surface area is 126 Å². The van der Waals surface area contributed by atoms with Gasteiger partial charge >= 0.3 is 0 Å². The van der Waals surface area contributed by atoms with Crippen molar-refractivity contribution in [1.29, 1.82) is 0 Å². The predicted molar refractivity (Wildman–Crippen MR) is 88.3 cm³/mol. The highest BCUT2D eigenvalue weighted by molar-refractivity contribution is 5.85. The summed E-state index contributed by atoms with van der Waals surface area (Å²) < 4.78 is 0. The van der Waals surface area contributed by atoms with Crippen LogP contribution in [-0.4, -0.2) is 31.2 Å². The Morgan fingerprint density at radius 2 is 1.86 bits per heavy atom. The van der Waals surface area contributed by atoms with E-state index in [9.17, 15) is 0 Å². The molecule has 0 saturated carbocycles. The number of benzene rings is 1. The number of rotatable bonds is 2. The van der Waals surface area contributed by atoms with Crippen LogP contribution >= 0.6 is 0 Å². The fourth-order valence-corrected chi connectivity index (χ4v) is 3.65. The standard InChI is InChI=1S/C18H23N3/c1-12-7-13(2)17-14(8-12)9-16(15-10-19-11-15)18(20-17)21-5-3-4-6-21/h7-9,15,19H,3-6,10-11H2,1-2H3. The van der Waals surface area contributed by atoms with Crippen molar-refractivity contribution in [1.82, 2.24) is 10.3 Å². The molecule has 3 heteroatoms. The number of hydrogen-bond acceptors (Lipinski definition) is 3. The van der Waals surface area contributed by atoms with Crippen molar-refractivity contribution in [3.05, 3.63) is 34.9 Å². The first-order valence-corrected chi connectivity index (χ1v) is 8.10. The van der Waals surface area contributed by atoms with E-state index in [1.165, 1.54) is 46.3 Å². The summed E-state index contributed by atoms with van der Waals surface area (Å²) >= 11 is 0. The van der Waals surface area contributed by atoms with Crippen LogP contribution in [0.5, 0.6) is 0 Å². The molecule has 2 saturated heterocycles. The summed E-state index contributed by atoms with van der Waals surface area (Å²) in [6.07, 6.45) is 2.60. The predicted octanol–water partition coefficient (Wildman–Crippen LogP) is 3.14. The Hall–Kier alpha value is -1.61. The molecule has 0 amide bonds. The second-order valence-corrected chi connectivity index (χ2v) is 6.60. The lowest BCUT2D eigenvalue weighted by molar-refractivity contribution is 0.448. The molecule has 1 aromatic heterocycles. The van der Waals surface area contributed by atoms with Crippen LogP contribution in [0.4, 0.5) is 5.82 Å². The van der Waals surface area contributed by atoms with Gasteiger partial charge in [0, 0.05) is 43.0 Å². The van der Waals surface area contributed by atoms with Crippen LogP contribution in [0.15, 0.2) is 18.2 Å². The monoisotopic (exact) mass is 281 g/mol. The third kappa shape index (κ3) is 2.20. The number of nitrogens with zero attached hydrogens (tertiary/aromatic N) is 2. The molecule has 2 aliphatic heterocycles. The molecule has 2 fully saturated rings. The van der Waals surface area contributed by atoms with Gasteiger partial charge in [0.1, 0.15) is 5.82 Å². The zero-order valence-corrected chi connectivity index (χ0v) is 12.9. The van der Waals surface area contributed by atoms with E-state index in [1.54, 1.807) is 0 Å². The maximum atomic E-state index is 5.10. The second kappa shape index (κ2) is 4.99. The number of pyridine rings is 1. The van der Waals surface area contributed by atoms with E-state index < -0.39 is 0 Å². The maximum Gasteiger partial charge on any atom is 0.132 e. The van der Waals surface area contributed by atoms with Crippen molar-refractivity contribution in [2.24, 2.45) is 0 Å². The molecule has 0 spiro atoms. The second-order valence-electron chi connectivity index (χ2n) is 6.60. The molecule has 1 aromatic carbocycles. The first-order valence-electron chi connectivity index (χ1n) is 8.10. The third-order valence-corrected chi connectivity index (χ3v) is 4.89. The van der Waals surface area contributed by atoms with Crippen molar-refractivity contribution >= 4 is 16.7 Å². The summed E-state index contributed by atoms with van der Waals surface area (Å²) in [6, 6.07) is 6.92. The molecule has 0 aliphatic carbocycles. The smallest absolute Gasteiger partial charge is 0.132 e. The highest BCUT2D eigenvalue weighted by atomic mass is 15.2. The van der Waals surface area contributed by atoms with Gasteiger partial charge in [-0.15, -0.1) is 0 Å². The van der Waals surface area contributed by atoms with Gasteiger partial charge in [-0.3, -0.25) is 0 Å². The molecule has 2 aliphatic rings. The Morgan fingerprint density at radius 1 is 1.10 bits per heavy atom. The van der Waals surface area contributed by atoms with Gasteiger partial charge in [-0.1, -0.05) is 11.6 Å². The van der Waals surface area contributed by atoms with Gasteiger partial charge in [-0.2, -0.15) is 0 Å². The average molecular weight is 281 g/mol. The van der Waals surface area contributed by atoms with Crippen molar-refractivity contribution in [3.63, 3.8) is 0 Å². The van der Waals surface area contributed by atoms with Gasteiger partial charge in [0.2, 0.25) is 0 Å². The first kappa shape index (κ1) is 13.1. The van der Waals surface area contributed by atoms with E-state index in [4.69, 9.17) is 4.98 Å². The summed E-state index contributed by atoms with van der Waals surface area (Å²) in [5.74, 6) is 1.89. The molecular formula is C18H23N3. The number of aryl methyl sites for hydroxylation is 2. The molecule has 21 heavy (non-hydrogen) atoms. The summed E-state index contributed by atoms with van der Waals surface area (Å²) in [4.78, 5) is 7.59. The van der Waals surface area contributed by atoms with Gasteiger partial charge in [0.15, 0.2) is 0 Å². The van der Waals surface area contributed by atoms with Gasteiger partial charge in [-0.25, -0.2) is 4.98 Å². The molecule has 2 aromatic rings. The minimum atomic E-state index is 0.637. The largest absolute Gasteiger partial charge is 0.356 e. The zero-order chi connectivity index (χ0) is 14.4. The van der Waals surface area contributed by atoms with Crippen LogP contribution in [0.3, 0.4) is 0 Å². The van der Waals surface area contributed by atoms with Gasteiger partial charge in [0.25, 0.3) is 0 Å². The van der Waals surface area contributed by atoms with E-state index in [0.717, 1.165) is 26.2 Å². The van der Waals surface area contributed by atoms with Crippen LogP contribution in [0.25, 0.3) is 10.9 Å². The Morgan fingerprint density at radius 3 is 2.52 bits per heavy atom. The van der Waals surface area contributed by atoms with Gasteiger partial charge in [0.05, 0.1) is 5.52 Å². The Balaban J connectivity index is 1.91. The molecule has 3 heterocycles. The molecule has 3 nitrogen and oxygen atoms in total. The molecular weight excluding hydrogens is 258 g/mol. The highest BCUT2D eigenvalue weighted by Crippen LogP contribution is 2.34. The molecule has 0 radical (unpaired) electrons. The number of aromatic nitrogens is 1. The van der Waals surface area contributed by atoms with Crippen LogP contribution < -0.4 is 10.2 Å². The summed E-state index contributed by atoms with van der Waals surface area (Å²) in [5, 5.41) is 4.71. The minimum Gasteiger partial charge on any atom is -0.356 e. The molecule has 110 valence electrons. The number of fused-ring (bicyclic) bond motifs is 1. The summed E-state index contributed by atoms with van der Waals surface area (Å²) in [7, 11) is 0. The number of nitrogens with one attached hydrogen (secondary N) is 1. The van der Waals surface area contributed by atoms with Crippen LogP contribution in [0.2, 0.25) is 0 Å². The first-order chi connectivity index (χ1) is 10.2. The fourth-order valence-electron chi connectivity index (χ4n) is 3.65. The minimum absolute atomic E-state index is 0.637. The molecule has 0 atom stereocenters. The van der Waals surface area contributed by atoms with E-state index in [-0.39, 0.29) is 0 Å². The fraction of sp³-hybridized carbons (Fsp3) is 0.500. The molecule has 1 N–H and O–H groups in total. The van der Waals surface area contributed by atoms with E-state index in [1.807, 2.05) is 0 Å². The lowest BCUT2D eigenvalue weighted by atomic mass is 9.92. The number of anilines is 1. The normalized spacial score (nSPS) is 19.2. The van der Waals surface area contributed by atoms with Gasteiger partial charge < -0.3 is 10.2 Å². The molecule has 0 bridgehead atoms. The van der Waals surface area contributed by atoms with Crippen LogP contribution in [0.1, 0.15) is 35.4 Å².